The molecule has 0 radical (unpaired) electrons. The zero-order valence-corrected chi connectivity index (χ0v) is 9.57. The van der Waals surface area contributed by atoms with Crippen molar-refractivity contribution in [2.45, 2.75) is 38.1 Å². The van der Waals surface area contributed by atoms with Gasteiger partial charge in [-0.1, -0.05) is 12.8 Å². The lowest BCUT2D eigenvalue weighted by molar-refractivity contribution is 0.549. The van der Waals surface area contributed by atoms with Crippen LogP contribution in [-0.4, -0.2) is 33.8 Å². The van der Waals surface area contributed by atoms with Crippen molar-refractivity contribution >= 4 is 10.0 Å². The average molecular weight is 220 g/mol. The van der Waals surface area contributed by atoms with Crippen molar-refractivity contribution in [1.29, 1.82) is 0 Å². The van der Waals surface area contributed by atoms with Gasteiger partial charge in [0.2, 0.25) is 10.0 Å². The van der Waals surface area contributed by atoms with Gasteiger partial charge in [-0.2, -0.15) is 0 Å². The van der Waals surface area contributed by atoms with Crippen LogP contribution < -0.4 is 10.0 Å². The average Bonchev–Trinajstić information content (AvgIpc) is 2.56. The first-order valence-electron chi connectivity index (χ1n) is 5.28. The third-order valence-electron chi connectivity index (χ3n) is 2.54. The van der Waals surface area contributed by atoms with E-state index in [9.17, 15) is 8.42 Å². The number of nitrogens with one attached hydrogen (secondary N) is 2. The van der Waals surface area contributed by atoms with Crippen molar-refractivity contribution in [3.63, 3.8) is 0 Å². The molecule has 1 aliphatic rings. The summed E-state index contributed by atoms with van der Waals surface area (Å²) in [6.07, 6.45) is 5.00. The van der Waals surface area contributed by atoms with Crippen molar-refractivity contribution < 1.29 is 8.42 Å². The third-order valence-corrected chi connectivity index (χ3v) is 4.06. The molecule has 1 aliphatic carbocycles. The van der Waals surface area contributed by atoms with Crippen LogP contribution in [-0.2, 0) is 10.0 Å². The van der Waals surface area contributed by atoms with E-state index in [1.807, 2.05) is 7.05 Å². The number of hydrogen-bond acceptors (Lipinski definition) is 3. The molecule has 5 heteroatoms. The summed E-state index contributed by atoms with van der Waals surface area (Å²) in [5.41, 5.74) is 0. The first kappa shape index (κ1) is 11.9. The molecular weight excluding hydrogens is 200 g/mol. The Morgan fingerprint density at radius 3 is 2.50 bits per heavy atom. The Morgan fingerprint density at radius 1 is 1.29 bits per heavy atom. The molecule has 2 N–H and O–H groups in total. The highest BCUT2D eigenvalue weighted by Gasteiger charge is 2.20. The lowest BCUT2D eigenvalue weighted by atomic mass is 10.3. The standard InChI is InChI=1S/C9H20N2O2S/c1-10-7-4-8-14(12,13)11-9-5-2-3-6-9/h9-11H,2-8H2,1H3. The molecule has 0 amide bonds. The predicted molar refractivity (Wildman–Crippen MR) is 57.7 cm³/mol. The molecule has 1 fully saturated rings. The maximum atomic E-state index is 11.5. The van der Waals surface area contributed by atoms with Gasteiger partial charge in [0.25, 0.3) is 0 Å². The largest absolute Gasteiger partial charge is 0.320 e. The fraction of sp³-hybridized carbons (Fsp3) is 1.00. The van der Waals surface area contributed by atoms with E-state index in [0.29, 0.717) is 6.42 Å². The molecule has 0 spiro atoms. The molecule has 1 saturated carbocycles. The highest BCUT2D eigenvalue weighted by molar-refractivity contribution is 7.89. The van der Waals surface area contributed by atoms with Gasteiger partial charge in [-0.25, -0.2) is 13.1 Å². The molecule has 14 heavy (non-hydrogen) atoms. The lowest BCUT2D eigenvalue weighted by Gasteiger charge is -2.11. The summed E-state index contributed by atoms with van der Waals surface area (Å²) >= 11 is 0. The lowest BCUT2D eigenvalue weighted by Crippen LogP contribution is -2.35. The second-order valence-corrected chi connectivity index (χ2v) is 5.75. The molecule has 0 aliphatic heterocycles. The van der Waals surface area contributed by atoms with Crippen LogP contribution in [0.15, 0.2) is 0 Å². The van der Waals surface area contributed by atoms with E-state index in [-0.39, 0.29) is 11.8 Å². The van der Waals surface area contributed by atoms with Gasteiger partial charge in [-0.15, -0.1) is 0 Å². The molecule has 0 aromatic heterocycles. The van der Waals surface area contributed by atoms with Crippen molar-refractivity contribution in [2.24, 2.45) is 0 Å². The van der Waals surface area contributed by atoms with E-state index in [1.165, 1.54) is 0 Å². The SMILES string of the molecule is CNCCCS(=O)(=O)NC1CCCC1. The van der Waals surface area contributed by atoms with Gasteiger partial charge < -0.3 is 5.32 Å². The molecule has 84 valence electrons. The zero-order valence-electron chi connectivity index (χ0n) is 8.75. The van der Waals surface area contributed by atoms with Crippen molar-refractivity contribution in [2.75, 3.05) is 19.3 Å². The van der Waals surface area contributed by atoms with Crippen LogP contribution >= 0.6 is 0 Å². The molecule has 1 rings (SSSR count). The maximum Gasteiger partial charge on any atom is 0.211 e. The van der Waals surface area contributed by atoms with E-state index < -0.39 is 10.0 Å². The summed E-state index contributed by atoms with van der Waals surface area (Å²) in [4.78, 5) is 0. The number of hydrogen-bond donors (Lipinski definition) is 2. The number of rotatable bonds is 6. The van der Waals surface area contributed by atoms with Gasteiger partial charge in [0.05, 0.1) is 5.75 Å². The van der Waals surface area contributed by atoms with E-state index in [1.54, 1.807) is 0 Å². The van der Waals surface area contributed by atoms with Gasteiger partial charge >= 0.3 is 0 Å². The quantitative estimate of drug-likeness (QED) is 0.639. The molecule has 0 aromatic carbocycles. The zero-order chi connectivity index (χ0) is 10.4. The fourth-order valence-electron chi connectivity index (χ4n) is 1.80. The minimum Gasteiger partial charge on any atom is -0.320 e. The highest BCUT2D eigenvalue weighted by Crippen LogP contribution is 2.18. The van der Waals surface area contributed by atoms with Crippen molar-refractivity contribution in [3.8, 4) is 0 Å². The van der Waals surface area contributed by atoms with E-state index >= 15 is 0 Å². The van der Waals surface area contributed by atoms with Crippen LogP contribution in [0.4, 0.5) is 0 Å². The Morgan fingerprint density at radius 2 is 1.93 bits per heavy atom. The van der Waals surface area contributed by atoms with Crippen molar-refractivity contribution in [3.05, 3.63) is 0 Å². The molecule has 0 heterocycles. The molecular formula is C9H20N2O2S. The Labute approximate surface area is 86.5 Å². The van der Waals surface area contributed by atoms with Gasteiger partial charge in [0.15, 0.2) is 0 Å². The van der Waals surface area contributed by atoms with Crippen LogP contribution in [0.2, 0.25) is 0 Å². The predicted octanol–water partition coefficient (Wildman–Crippen LogP) is 0.458. The van der Waals surface area contributed by atoms with Crippen LogP contribution in [0.1, 0.15) is 32.1 Å². The van der Waals surface area contributed by atoms with Gasteiger partial charge in [0.1, 0.15) is 0 Å². The van der Waals surface area contributed by atoms with Crippen molar-refractivity contribution in [1.82, 2.24) is 10.0 Å². The molecule has 0 aromatic rings. The van der Waals surface area contributed by atoms with Crippen LogP contribution in [0.5, 0.6) is 0 Å². The first-order chi connectivity index (χ1) is 6.64. The third kappa shape index (κ3) is 4.39. The summed E-state index contributed by atoms with van der Waals surface area (Å²) in [5.74, 6) is 0.240. The normalized spacial score (nSPS) is 18.9. The smallest absolute Gasteiger partial charge is 0.211 e. The molecule has 0 unspecified atom stereocenters. The van der Waals surface area contributed by atoms with E-state index in [0.717, 1.165) is 32.2 Å². The first-order valence-corrected chi connectivity index (χ1v) is 6.94. The Hall–Kier alpha value is -0.130. The molecule has 0 bridgehead atoms. The Kier molecular flexibility index (Phi) is 4.84. The van der Waals surface area contributed by atoms with Crippen LogP contribution in [0.25, 0.3) is 0 Å². The molecule has 0 atom stereocenters. The summed E-state index contributed by atoms with van der Waals surface area (Å²) < 4.78 is 25.8. The molecule has 4 nitrogen and oxygen atoms in total. The topological polar surface area (TPSA) is 58.2 Å². The fourth-order valence-corrected chi connectivity index (χ4v) is 3.18. The Bertz CT molecular complexity index is 246. The minimum atomic E-state index is -3.03. The van der Waals surface area contributed by atoms with Gasteiger partial charge in [0, 0.05) is 6.04 Å². The summed E-state index contributed by atoms with van der Waals surface area (Å²) in [6, 6.07) is 0.203. The summed E-state index contributed by atoms with van der Waals surface area (Å²) in [5, 5.41) is 2.94. The van der Waals surface area contributed by atoms with Crippen LogP contribution in [0.3, 0.4) is 0 Å². The maximum absolute atomic E-state index is 11.5. The van der Waals surface area contributed by atoms with Crippen LogP contribution in [0, 0.1) is 0 Å². The second kappa shape index (κ2) is 5.68. The number of sulfonamides is 1. The monoisotopic (exact) mass is 220 g/mol. The Balaban J connectivity index is 2.26. The van der Waals surface area contributed by atoms with Gasteiger partial charge in [-0.3, -0.25) is 0 Å². The summed E-state index contributed by atoms with van der Waals surface area (Å²) in [7, 11) is -1.20. The molecule has 0 saturated heterocycles. The van der Waals surface area contributed by atoms with Gasteiger partial charge in [-0.05, 0) is 32.9 Å². The van der Waals surface area contributed by atoms with E-state index in [4.69, 9.17) is 0 Å². The summed E-state index contributed by atoms with van der Waals surface area (Å²) in [6.45, 7) is 0.756. The second-order valence-electron chi connectivity index (χ2n) is 3.88. The highest BCUT2D eigenvalue weighted by atomic mass is 32.2. The van der Waals surface area contributed by atoms with E-state index in [2.05, 4.69) is 10.0 Å². The minimum absolute atomic E-state index is 0.203.